The molecule has 0 saturated carbocycles. The van der Waals surface area contributed by atoms with Crippen molar-refractivity contribution in [1.82, 2.24) is 10.2 Å². The lowest BCUT2D eigenvalue weighted by atomic mass is 9.79. The van der Waals surface area contributed by atoms with Gasteiger partial charge in [0.05, 0.1) is 0 Å². The number of piperazine rings is 1. The van der Waals surface area contributed by atoms with Crippen molar-refractivity contribution < 1.29 is 5.11 Å². The van der Waals surface area contributed by atoms with Crippen molar-refractivity contribution >= 4 is 18.1 Å². The second kappa shape index (κ2) is 8.52. The Kier molecular flexibility index (Phi) is 6.93. The first-order valence-corrected chi connectivity index (χ1v) is 9.02. The number of nitrogens with zero attached hydrogens (tertiary/aromatic N) is 2. The summed E-state index contributed by atoms with van der Waals surface area (Å²) in [4.78, 5) is 5.00. The van der Waals surface area contributed by atoms with Gasteiger partial charge < -0.3 is 15.3 Å². The van der Waals surface area contributed by atoms with Crippen molar-refractivity contribution in [2.45, 2.75) is 32.7 Å². The van der Waals surface area contributed by atoms with Crippen molar-refractivity contribution in [2.24, 2.45) is 5.41 Å². The van der Waals surface area contributed by atoms with Crippen LogP contribution in [-0.4, -0.2) is 55.9 Å². The molecule has 0 bridgehead atoms. The van der Waals surface area contributed by atoms with Crippen LogP contribution < -0.4 is 10.2 Å². The quantitative estimate of drug-likeness (QED) is 0.853. The Morgan fingerprint density at radius 1 is 1.04 bits per heavy atom. The average molecular weight is 354 g/mol. The Balaban J connectivity index is 0.00000208. The Morgan fingerprint density at radius 2 is 1.62 bits per heavy atom. The third kappa shape index (κ3) is 4.23. The standard InChI is InChI=1S/C19H31N3O.ClH/c1-19(2,15-23)18(22-13-9-20-10-14-22)16-5-7-17(8-6-16)21-11-3-4-12-21;/h5-8,18,20,23H,3-4,9-15H2,1-2H3;1H/t18-;/m0./s1. The molecular formula is C19H32ClN3O. The van der Waals surface area contributed by atoms with Crippen molar-refractivity contribution in [3.63, 3.8) is 0 Å². The number of halogens is 1. The minimum absolute atomic E-state index is 0. The molecule has 2 saturated heterocycles. The first kappa shape index (κ1) is 19.5. The molecule has 0 unspecified atom stereocenters. The van der Waals surface area contributed by atoms with E-state index in [9.17, 15) is 5.11 Å². The number of rotatable bonds is 5. The van der Waals surface area contributed by atoms with Crippen LogP contribution in [0.1, 0.15) is 38.3 Å². The molecule has 3 rings (SSSR count). The van der Waals surface area contributed by atoms with Crippen molar-refractivity contribution in [3.05, 3.63) is 29.8 Å². The number of aliphatic hydroxyl groups excluding tert-OH is 1. The largest absolute Gasteiger partial charge is 0.396 e. The molecule has 1 aromatic carbocycles. The lowest BCUT2D eigenvalue weighted by Gasteiger charge is -2.43. The summed E-state index contributed by atoms with van der Waals surface area (Å²) in [7, 11) is 0. The van der Waals surface area contributed by atoms with Crippen LogP contribution in [0.25, 0.3) is 0 Å². The maximum Gasteiger partial charge on any atom is 0.0500 e. The molecule has 0 radical (unpaired) electrons. The zero-order chi connectivity index (χ0) is 16.3. The van der Waals surface area contributed by atoms with Gasteiger partial charge in [-0.05, 0) is 30.5 Å². The molecular weight excluding hydrogens is 322 g/mol. The van der Waals surface area contributed by atoms with E-state index in [1.807, 2.05) is 0 Å². The van der Waals surface area contributed by atoms with Crippen molar-refractivity contribution in [1.29, 1.82) is 0 Å². The predicted molar refractivity (Wildman–Crippen MR) is 103 cm³/mol. The van der Waals surface area contributed by atoms with Crippen LogP contribution in [0, 0.1) is 5.41 Å². The Morgan fingerprint density at radius 3 is 2.17 bits per heavy atom. The van der Waals surface area contributed by atoms with E-state index in [1.54, 1.807) is 0 Å². The van der Waals surface area contributed by atoms with Gasteiger partial charge in [-0.3, -0.25) is 4.90 Å². The van der Waals surface area contributed by atoms with Gasteiger partial charge in [0, 0.05) is 63.0 Å². The monoisotopic (exact) mass is 353 g/mol. The van der Waals surface area contributed by atoms with E-state index in [4.69, 9.17) is 0 Å². The molecule has 2 N–H and O–H groups in total. The molecule has 4 nitrogen and oxygen atoms in total. The van der Waals surface area contributed by atoms with Gasteiger partial charge in [0.25, 0.3) is 0 Å². The van der Waals surface area contributed by atoms with E-state index in [2.05, 4.69) is 53.2 Å². The van der Waals surface area contributed by atoms with Gasteiger partial charge >= 0.3 is 0 Å². The number of anilines is 1. The van der Waals surface area contributed by atoms with Crippen molar-refractivity contribution in [3.8, 4) is 0 Å². The first-order valence-electron chi connectivity index (χ1n) is 9.02. The SMILES string of the molecule is CC(C)(CO)[C@H](c1ccc(N2CCCC2)cc1)N1CCNCC1.Cl. The van der Waals surface area contributed by atoms with E-state index in [0.29, 0.717) is 0 Å². The molecule has 1 atom stereocenters. The van der Waals surface area contributed by atoms with Crippen LogP contribution >= 0.6 is 12.4 Å². The fourth-order valence-electron chi connectivity index (χ4n) is 4.03. The van der Waals surface area contributed by atoms with E-state index < -0.39 is 0 Å². The molecule has 1 aromatic rings. The number of benzene rings is 1. The highest BCUT2D eigenvalue weighted by atomic mass is 35.5. The fourth-order valence-corrected chi connectivity index (χ4v) is 4.03. The molecule has 0 amide bonds. The van der Waals surface area contributed by atoms with Crippen LogP contribution in [0.15, 0.2) is 24.3 Å². The number of aliphatic hydroxyl groups is 1. The lowest BCUT2D eigenvalue weighted by Crippen LogP contribution is -2.49. The van der Waals surface area contributed by atoms with Crippen LogP contribution in [0.3, 0.4) is 0 Å². The first-order chi connectivity index (χ1) is 11.1. The summed E-state index contributed by atoms with van der Waals surface area (Å²) in [5.41, 5.74) is 2.52. The predicted octanol–water partition coefficient (Wildman–Crippen LogP) is 2.67. The van der Waals surface area contributed by atoms with Crippen molar-refractivity contribution in [2.75, 3.05) is 50.8 Å². The van der Waals surface area contributed by atoms with E-state index in [-0.39, 0.29) is 30.5 Å². The van der Waals surface area contributed by atoms with E-state index in [0.717, 1.165) is 26.2 Å². The molecule has 0 aliphatic carbocycles. The molecule has 24 heavy (non-hydrogen) atoms. The summed E-state index contributed by atoms with van der Waals surface area (Å²) in [6.45, 7) is 11.1. The lowest BCUT2D eigenvalue weighted by molar-refractivity contribution is 0.0305. The number of hydrogen-bond acceptors (Lipinski definition) is 4. The summed E-state index contributed by atoms with van der Waals surface area (Å²) < 4.78 is 0. The van der Waals surface area contributed by atoms with Gasteiger partial charge in [0.1, 0.15) is 0 Å². The summed E-state index contributed by atoms with van der Waals surface area (Å²) in [5.74, 6) is 0. The number of hydrogen-bond donors (Lipinski definition) is 2. The minimum Gasteiger partial charge on any atom is -0.396 e. The highest BCUT2D eigenvalue weighted by molar-refractivity contribution is 5.85. The van der Waals surface area contributed by atoms with Crippen LogP contribution in [0.5, 0.6) is 0 Å². The Labute approximate surface area is 152 Å². The number of nitrogens with one attached hydrogen (secondary N) is 1. The second-order valence-corrected chi connectivity index (χ2v) is 7.62. The van der Waals surface area contributed by atoms with E-state index in [1.165, 1.54) is 37.2 Å². The molecule has 0 spiro atoms. The smallest absolute Gasteiger partial charge is 0.0500 e. The molecule has 2 heterocycles. The summed E-state index contributed by atoms with van der Waals surface area (Å²) >= 11 is 0. The normalized spacial score (nSPS) is 20.7. The van der Waals surface area contributed by atoms with Gasteiger partial charge in [0.15, 0.2) is 0 Å². The zero-order valence-electron chi connectivity index (χ0n) is 15.0. The second-order valence-electron chi connectivity index (χ2n) is 7.62. The van der Waals surface area contributed by atoms with Gasteiger partial charge in [-0.2, -0.15) is 0 Å². The van der Waals surface area contributed by atoms with Gasteiger partial charge in [-0.25, -0.2) is 0 Å². The molecule has 5 heteroatoms. The van der Waals surface area contributed by atoms with Gasteiger partial charge in [-0.15, -0.1) is 12.4 Å². The van der Waals surface area contributed by atoms with Gasteiger partial charge in [0.2, 0.25) is 0 Å². The zero-order valence-corrected chi connectivity index (χ0v) is 15.8. The molecule has 2 aliphatic heterocycles. The van der Waals surface area contributed by atoms with E-state index >= 15 is 0 Å². The summed E-state index contributed by atoms with van der Waals surface area (Å²) in [6, 6.07) is 9.35. The fraction of sp³-hybridized carbons (Fsp3) is 0.684. The molecule has 2 aliphatic rings. The molecule has 2 fully saturated rings. The third-order valence-corrected chi connectivity index (χ3v) is 5.34. The maximum absolute atomic E-state index is 9.93. The Hall–Kier alpha value is -0.810. The topological polar surface area (TPSA) is 38.7 Å². The highest BCUT2D eigenvalue weighted by Gasteiger charge is 2.35. The maximum atomic E-state index is 9.93. The van der Waals surface area contributed by atoms with Crippen LogP contribution in [-0.2, 0) is 0 Å². The highest BCUT2D eigenvalue weighted by Crippen LogP contribution is 2.39. The van der Waals surface area contributed by atoms with Crippen LogP contribution in [0.4, 0.5) is 5.69 Å². The summed E-state index contributed by atoms with van der Waals surface area (Å²) in [5, 5.41) is 13.4. The summed E-state index contributed by atoms with van der Waals surface area (Å²) in [6.07, 6.45) is 2.62. The van der Waals surface area contributed by atoms with Crippen LogP contribution in [0.2, 0.25) is 0 Å². The average Bonchev–Trinajstić information content (AvgIpc) is 3.11. The third-order valence-electron chi connectivity index (χ3n) is 5.34. The molecule has 136 valence electrons. The Bertz CT molecular complexity index is 494. The minimum atomic E-state index is -0.146. The molecule has 0 aromatic heterocycles. The van der Waals surface area contributed by atoms with Gasteiger partial charge in [-0.1, -0.05) is 26.0 Å².